The fourth-order valence-corrected chi connectivity index (χ4v) is 6.10. The molecule has 1 aliphatic heterocycles. The highest BCUT2D eigenvalue weighted by Crippen LogP contribution is 2.32. The maximum atomic E-state index is 13.2. The Morgan fingerprint density at radius 2 is 1.76 bits per heavy atom. The number of carbonyl (C=O) groups is 1. The van der Waals surface area contributed by atoms with Crippen LogP contribution in [0, 0.1) is 5.92 Å². The number of sulfonamides is 1. The van der Waals surface area contributed by atoms with E-state index in [4.69, 9.17) is 4.42 Å². The maximum absolute atomic E-state index is 13.2. The highest BCUT2D eigenvalue weighted by molar-refractivity contribution is 7.89. The summed E-state index contributed by atoms with van der Waals surface area (Å²) in [6, 6.07) is 16.8. The Balaban J connectivity index is 1.44. The lowest BCUT2D eigenvalue weighted by Gasteiger charge is -2.34. The standard InChI is InChI=1S/C28H29F3N2O4S/c1-21(17-22-7-3-2-4-8-22)19-32(27(34)26-11-6-16-37-26)20-23-12-14-33(15-13-23)38(35,36)25-10-5-9-24(18-25)28(29,30)31/h2-11,16-18,23H,12-15,19-20H2,1H3/b21-17+. The Bertz CT molecular complexity index is 1360. The van der Waals surface area contributed by atoms with E-state index in [0.29, 0.717) is 32.0 Å². The predicted octanol–water partition coefficient (Wildman–Crippen LogP) is 5.95. The van der Waals surface area contributed by atoms with E-state index >= 15 is 0 Å². The van der Waals surface area contributed by atoms with Crippen molar-refractivity contribution in [3.63, 3.8) is 0 Å². The van der Waals surface area contributed by atoms with Crippen LogP contribution in [0.25, 0.3) is 6.08 Å². The molecule has 1 aromatic heterocycles. The van der Waals surface area contributed by atoms with Gasteiger partial charge in [-0.3, -0.25) is 4.79 Å². The molecular formula is C28H29F3N2O4S. The molecule has 2 heterocycles. The molecule has 3 aromatic rings. The van der Waals surface area contributed by atoms with Crippen LogP contribution in [-0.2, 0) is 16.2 Å². The number of hydrogen-bond donors (Lipinski definition) is 0. The summed E-state index contributed by atoms with van der Waals surface area (Å²) in [6.45, 7) is 3.03. The van der Waals surface area contributed by atoms with Crippen LogP contribution in [0.5, 0.6) is 0 Å². The van der Waals surface area contributed by atoms with Gasteiger partial charge in [-0.2, -0.15) is 17.5 Å². The zero-order valence-electron chi connectivity index (χ0n) is 20.9. The molecule has 1 saturated heterocycles. The summed E-state index contributed by atoms with van der Waals surface area (Å²) in [4.78, 5) is 14.5. The SMILES string of the molecule is C/C(=C\c1ccccc1)CN(CC1CCN(S(=O)(=O)c2cccc(C(F)(F)F)c2)CC1)C(=O)c1ccco1. The molecule has 0 spiro atoms. The zero-order valence-corrected chi connectivity index (χ0v) is 21.7. The lowest BCUT2D eigenvalue weighted by atomic mass is 9.97. The third kappa shape index (κ3) is 6.73. The minimum absolute atomic E-state index is 0.0198. The van der Waals surface area contributed by atoms with E-state index in [1.165, 1.54) is 16.6 Å². The predicted molar refractivity (Wildman–Crippen MR) is 138 cm³/mol. The average Bonchev–Trinajstić information content (AvgIpc) is 3.43. The second-order valence-corrected chi connectivity index (χ2v) is 11.4. The van der Waals surface area contributed by atoms with Gasteiger partial charge in [-0.05, 0) is 61.6 Å². The first-order chi connectivity index (χ1) is 18.0. The summed E-state index contributed by atoms with van der Waals surface area (Å²) in [5.74, 6) is -0.0108. The van der Waals surface area contributed by atoms with Crippen molar-refractivity contribution in [3.8, 4) is 0 Å². The summed E-state index contributed by atoms with van der Waals surface area (Å²) in [6.07, 6.45) is -0.236. The topological polar surface area (TPSA) is 70.8 Å². The largest absolute Gasteiger partial charge is 0.459 e. The molecule has 1 amide bonds. The Kier molecular flexibility index (Phi) is 8.42. The quantitative estimate of drug-likeness (QED) is 0.350. The van der Waals surface area contributed by atoms with Gasteiger partial charge >= 0.3 is 6.18 Å². The number of nitrogens with zero attached hydrogens (tertiary/aromatic N) is 2. The van der Waals surface area contributed by atoms with Gasteiger partial charge in [0, 0.05) is 26.2 Å². The first-order valence-corrected chi connectivity index (χ1v) is 13.7. The highest BCUT2D eigenvalue weighted by atomic mass is 32.2. The van der Waals surface area contributed by atoms with E-state index in [9.17, 15) is 26.4 Å². The van der Waals surface area contributed by atoms with Crippen LogP contribution in [0.3, 0.4) is 0 Å². The molecule has 1 aliphatic rings. The smallest absolute Gasteiger partial charge is 0.416 e. The molecule has 0 saturated carbocycles. The first-order valence-electron chi connectivity index (χ1n) is 12.3. The van der Waals surface area contributed by atoms with Gasteiger partial charge in [0.2, 0.25) is 10.0 Å². The van der Waals surface area contributed by atoms with Crippen LogP contribution in [0.1, 0.15) is 41.4 Å². The van der Waals surface area contributed by atoms with Gasteiger partial charge in [-0.25, -0.2) is 8.42 Å². The fourth-order valence-electron chi connectivity index (χ4n) is 4.58. The Labute approximate surface area is 220 Å². The van der Waals surface area contributed by atoms with E-state index in [1.54, 1.807) is 17.0 Å². The maximum Gasteiger partial charge on any atom is 0.416 e. The van der Waals surface area contributed by atoms with Crippen molar-refractivity contribution in [2.45, 2.75) is 30.8 Å². The van der Waals surface area contributed by atoms with Crippen molar-refractivity contribution < 1.29 is 30.8 Å². The lowest BCUT2D eigenvalue weighted by Crippen LogP contribution is -2.43. The second-order valence-electron chi connectivity index (χ2n) is 9.44. The molecule has 0 atom stereocenters. The molecule has 4 rings (SSSR count). The van der Waals surface area contributed by atoms with Crippen LogP contribution in [0.2, 0.25) is 0 Å². The number of alkyl halides is 3. The molecule has 2 aromatic carbocycles. The van der Waals surface area contributed by atoms with Crippen molar-refractivity contribution in [1.82, 2.24) is 9.21 Å². The summed E-state index contributed by atoms with van der Waals surface area (Å²) >= 11 is 0. The van der Waals surface area contributed by atoms with Crippen molar-refractivity contribution in [2.75, 3.05) is 26.2 Å². The number of amides is 1. The minimum atomic E-state index is -4.63. The molecule has 38 heavy (non-hydrogen) atoms. The molecule has 0 aliphatic carbocycles. The van der Waals surface area contributed by atoms with Crippen LogP contribution in [-0.4, -0.2) is 49.7 Å². The fraction of sp³-hybridized carbons (Fsp3) is 0.321. The van der Waals surface area contributed by atoms with E-state index in [1.807, 2.05) is 43.3 Å². The van der Waals surface area contributed by atoms with Gasteiger partial charge in [0.25, 0.3) is 5.91 Å². The van der Waals surface area contributed by atoms with Crippen LogP contribution < -0.4 is 0 Å². The van der Waals surface area contributed by atoms with Gasteiger partial charge < -0.3 is 9.32 Å². The molecule has 10 heteroatoms. The Morgan fingerprint density at radius 3 is 2.39 bits per heavy atom. The molecule has 202 valence electrons. The average molecular weight is 547 g/mol. The van der Waals surface area contributed by atoms with Crippen molar-refractivity contribution >= 4 is 22.0 Å². The van der Waals surface area contributed by atoms with Crippen molar-refractivity contribution in [1.29, 1.82) is 0 Å². The van der Waals surface area contributed by atoms with Crippen molar-refractivity contribution in [2.24, 2.45) is 5.92 Å². The number of piperidine rings is 1. The zero-order chi connectivity index (χ0) is 27.3. The van der Waals surface area contributed by atoms with Gasteiger partial charge in [0.15, 0.2) is 5.76 Å². The molecule has 0 N–H and O–H groups in total. The van der Waals surface area contributed by atoms with E-state index in [0.717, 1.165) is 23.3 Å². The minimum Gasteiger partial charge on any atom is -0.459 e. The Hall–Kier alpha value is -3.37. The normalized spacial score (nSPS) is 15.9. The van der Waals surface area contributed by atoms with Gasteiger partial charge in [-0.1, -0.05) is 48.0 Å². The number of carbonyl (C=O) groups excluding carboxylic acids is 1. The molecule has 0 unspecified atom stereocenters. The van der Waals surface area contributed by atoms with Crippen LogP contribution in [0.15, 0.2) is 87.9 Å². The number of furan rings is 1. The summed E-state index contributed by atoms with van der Waals surface area (Å²) in [7, 11) is -4.07. The highest BCUT2D eigenvalue weighted by Gasteiger charge is 2.35. The molecule has 0 bridgehead atoms. The third-order valence-electron chi connectivity index (χ3n) is 6.52. The molecule has 1 fully saturated rings. The lowest BCUT2D eigenvalue weighted by molar-refractivity contribution is -0.137. The third-order valence-corrected chi connectivity index (χ3v) is 8.42. The number of halogens is 3. The first kappa shape index (κ1) is 27.7. The summed E-state index contributed by atoms with van der Waals surface area (Å²) in [5.41, 5.74) is 0.989. The Morgan fingerprint density at radius 1 is 1.05 bits per heavy atom. The van der Waals surface area contributed by atoms with Gasteiger partial charge in [0.05, 0.1) is 16.7 Å². The molecule has 0 radical (unpaired) electrons. The van der Waals surface area contributed by atoms with E-state index < -0.39 is 21.8 Å². The monoisotopic (exact) mass is 546 g/mol. The van der Waals surface area contributed by atoms with Crippen LogP contribution >= 0.6 is 0 Å². The summed E-state index contributed by atoms with van der Waals surface area (Å²) < 4.78 is 72.0. The van der Waals surface area contributed by atoms with E-state index in [2.05, 4.69) is 0 Å². The number of hydrogen-bond acceptors (Lipinski definition) is 4. The number of benzene rings is 2. The molecular weight excluding hydrogens is 517 g/mol. The van der Waals surface area contributed by atoms with E-state index in [-0.39, 0.29) is 35.6 Å². The second kappa shape index (κ2) is 11.6. The van der Waals surface area contributed by atoms with Crippen molar-refractivity contribution in [3.05, 3.63) is 95.5 Å². The number of rotatable bonds is 8. The van der Waals surface area contributed by atoms with Gasteiger partial charge in [-0.15, -0.1) is 0 Å². The van der Waals surface area contributed by atoms with Crippen LogP contribution in [0.4, 0.5) is 13.2 Å². The van der Waals surface area contributed by atoms with Gasteiger partial charge in [0.1, 0.15) is 0 Å². The molecule has 6 nitrogen and oxygen atoms in total. The summed E-state index contributed by atoms with van der Waals surface area (Å²) in [5, 5.41) is 0.